The van der Waals surface area contributed by atoms with Crippen molar-refractivity contribution >= 4 is 5.69 Å². The quantitative estimate of drug-likeness (QED) is 0.826. The number of likely N-dealkylation sites (tertiary alicyclic amines) is 1. The Morgan fingerprint density at radius 1 is 1.28 bits per heavy atom. The molecule has 3 nitrogen and oxygen atoms in total. The predicted octanol–water partition coefficient (Wildman–Crippen LogP) is 1.93. The van der Waals surface area contributed by atoms with Gasteiger partial charge in [-0.1, -0.05) is 19.1 Å². The first-order valence-corrected chi connectivity index (χ1v) is 7.07. The summed E-state index contributed by atoms with van der Waals surface area (Å²) in [6.45, 7) is 9.37. The van der Waals surface area contributed by atoms with Crippen molar-refractivity contribution in [2.24, 2.45) is 5.92 Å². The number of hydrogen-bond donors (Lipinski definition) is 1. The van der Waals surface area contributed by atoms with E-state index in [9.17, 15) is 0 Å². The minimum Gasteiger partial charge on any atom is -0.398 e. The third kappa shape index (κ3) is 2.25. The summed E-state index contributed by atoms with van der Waals surface area (Å²) in [6, 6.07) is 6.32. The fourth-order valence-electron chi connectivity index (χ4n) is 3.36. The van der Waals surface area contributed by atoms with Crippen LogP contribution in [0.25, 0.3) is 0 Å². The Labute approximate surface area is 110 Å². The Hall–Kier alpha value is -1.06. The van der Waals surface area contributed by atoms with Gasteiger partial charge in [0.2, 0.25) is 0 Å². The zero-order chi connectivity index (χ0) is 12.5. The lowest BCUT2D eigenvalue weighted by atomic mass is 10.1. The van der Waals surface area contributed by atoms with E-state index >= 15 is 0 Å². The van der Waals surface area contributed by atoms with Crippen LogP contribution >= 0.6 is 0 Å². The summed E-state index contributed by atoms with van der Waals surface area (Å²) in [7, 11) is 0. The average Bonchev–Trinajstić information content (AvgIpc) is 2.96. The third-order valence-electron chi connectivity index (χ3n) is 4.42. The summed E-state index contributed by atoms with van der Waals surface area (Å²) in [5, 5.41) is 0. The molecule has 1 aromatic rings. The van der Waals surface area contributed by atoms with E-state index in [1.165, 1.54) is 43.7 Å². The molecule has 98 valence electrons. The van der Waals surface area contributed by atoms with E-state index in [1.807, 2.05) is 6.07 Å². The van der Waals surface area contributed by atoms with Crippen molar-refractivity contribution in [1.29, 1.82) is 0 Å². The van der Waals surface area contributed by atoms with Crippen molar-refractivity contribution in [3.05, 3.63) is 29.3 Å². The Morgan fingerprint density at radius 2 is 2.17 bits per heavy atom. The van der Waals surface area contributed by atoms with Gasteiger partial charge in [0.05, 0.1) is 0 Å². The van der Waals surface area contributed by atoms with Crippen LogP contribution in [0.3, 0.4) is 0 Å². The first kappa shape index (κ1) is 12.0. The van der Waals surface area contributed by atoms with E-state index in [2.05, 4.69) is 28.9 Å². The molecule has 1 atom stereocenters. The van der Waals surface area contributed by atoms with Crippen LogP contribution in [0.2, 0.25) is 0 Å². The van der Waals surface area contributed by atoms with Gasteiger partial charge in [-0.2, -0.15) is 0 Å². The molecule has 0 spiro atoms. The van der Waals surface area contributed by atoms with Crippen LogP contribution in [0.1, 0.15) is 24.5 Å². The second-order valence-corrected chi connectivity index (χ2v) is 5.70. The summed E-state index contributed by atoms with van der Waals surface area (Å²) in [5.41, 5.74) is 9.81. The summed E-state index contributed by atoms with van der Waals surface area (Å²) in [6.07, 6.45) is 1.36. The maximum atomic E-state index is 6.05. The second kappa shape index (κ2) is 4.90. The molecule has 0 aliphatic carbocycles. The van der Waals surface area contributed by atoms with Crippen LogP contribution < -0.4 is 5.73 Å². The van der Waals surface area contributed by atoms with E-state index in [-0.39, 0.29) is 0 Å². The number of nitrogens with two attached hydrogens (primary N) is 1. The minimum absolute atomic E-state index is 0.848. The average molecular weight is 245 g/mol. The van der Waals surface area contributed by atoms with Gasteiger partial charge in [-0.25, -0.2) is 0 Å². The van der Waals surface area contributed by atoms with Crippen LogP contribution in [0.15, 0.2) is 18.2 Å². The second-order valence-electron chi connectivity index (χ2n) is 5.70. The van der Waals surface area contributed by atoms with Crippen molar-refractivity contribution < 1.29 is 0 Å². The van der Waals surface area contributed by atoms with Gasteiger partial charge >= 0.3 is 0 Å². The highest BCUT2D eigenvalue weighted by molar-refractivity contribution is 5.52. The monoisotopic (exact) mass is 245 g/mol. The molecule has 0 amide bonds. The van der Waals surface area contributed by atoms with Crippen LogP contribution in [0.5, 0.6) is 0 Å². The van der Waals surface area contributed by atoms with Crippen molar-refractivity contribution in [3.63, 3.8) is 0 Å². The van der Waals surface area contributed by atoms with E-state index in [0.29, 0.717) is 0 Å². The molecular weight excluding hydrogens is 222 g/mol. The van der Waals surface area contributed by atoms with Crippen LogP contribution in [0, 0.1) is 5.92 Å². The van der Waals surface area contributed by atoms with Gasteiger partial charge in [0.25, 0.3) is 0 Å². The molecule has 1 unspecified atom stereocenters. The number of benzene rings is 1. The Bertz CT molecular complexity index is 430. The normalized spacial score (nSPS) is 24.6. The molecule has 2 N–H and O–H groups in total. The lowest BCUT2D eigenvalue weighted by molar-refractivity contribution is 0.231. The van der Waals surface area contributed by atoms with Gasteiger partial charge in [-0.15, -0.1) is 0 Å². The van der Waals surface area contributed by atoms with E-state index in [4.69, 9.17) is 5.73 Å². The summed E-state index contributed by atoms with van der Waals surface area (Å²) in [5.74, 6) is 0.848. The summed E-state index contributed by atoms with van der Waals surface area (Å²) >= 11 is 0. The lowest BCUT2D eigenvalue weighted by Gasteiger charge is -2.20. The number of nitrogen functional groups attached to an aromatic ring is 1. The molecule has 3 rings (SSSR count). The molecule has 2 aliphatic heterocycles. The molecule has 1 fully saturated rings. The molecule has 0 aromatic heterocycles. The maximum absolute atomic E-state index is 6.05. The Morgan fingerprint density at radius 3 is 2.89 bits per heavy atom. The van der Waals surface area contributed by atoms with Crippen LogP contribution in [-0.4, -0.2) is 36.0 Å². The van der Waals surface area contributed by atoms with Crippen molar-refractivity contribution in [3.8, 4) is 0 Å². The summed E-state index contributed by atoms with van der Waals surface area (Å²) in [4.78, 5) is 5.12. The van der Waals surface area contributed by atoms with Gasteiger partial charge in [-0.05, 0) is 42.6 Å². The van der Waals surface area contributed by atoms with Crippen molar-refractivity contribution in [2.75, 3.05) is 31.9 Å². The van der Waals surface area contributed by atoms with Crippen LogP contribution in [-0.2, 0) is 13.1 Å². The fraction of sp³-hybridized carbons (Fsp3) is 0.600. The number of hydrogen-bond acceptors (Lipinski definition) is 3. The van der Waals surface area contributed by atoms with Gasteiger partial charge in [-0.3, -0.25) is 4.90 Å². The first-order valence-electron chi connectivity index (χ1n) is 7.07. The molecular formula is C15H23N3. The smallest absolute Gasteiger partial charge is 0.0363 e. The number of rotatable bonds is 3. The molecule has 1 saturated heterocycles. The third-order valence-corrected chi connectivity index (χ3v) is 4.42. The molecule has 3 heteroatoms. The van der Waals surface area contributed by atoms with Gasteiger partial charge in [0.15, 0.2) is 0 Å². The van der Waals surface area contributed by atoms with Gasteiger partial charge < -0.3 is 10.6 Å². The van der Waals surface area contributed by atoms with E-state index in [1.54, 1.807) is 0 Å². The Kier molecular flexibility index (Phi) is 3.27. The van der Waals surface area contributed by atoms with Gasteiger partial charge in [0, 0.05) is 31.9 Å². The highest BCUT2D eigenvalue weighted by atomic mass is 15.2. The molecule has 0 saturated carbocycles. The number of nitrogens with zero attached hydrogens (tertiary/aromatic N) is 2. The van der Waals surface area contributed by atoms with E-state index < -0.39 is 0 Å². The molecule has 2 aliphatic rings. The topological polar surface area (TPSA) is 32.5 Å². The Balaban J connectivity index is 1.60. The highest BCUT2D eigenvalue weighted by Gasteiger charge is 2.27. The first-order chi connectivity index (χ1) is 8.76. The molecule has 0 bridgehead atoms. The zero-order valence-electron chi connectivity index (χ0n) is 11.2. The van der Waals surface area contributed by atoms with E-state index in [0.717, 1.165) is 24.7 Å². The molecule has 0 radical (unpaired) electrons. The SMILES string of the molecule is CCN1CCC(CN2Cc3cccc(N)c3C2)C1. The summed E-state index contributed by atoms with van der Waals surface area (Å²) < 4.78 is 0. The molecule has 1 aromatic carbocycles. The molecule has 18 heavy (non-hydrogen) atoms. The van der Waals surface area contributed by atoms with Crippen molar-refractivity contribution in [1.82, 2.24) is 9.80 Å². The fourth-order valence-corrected chi connectivity index (χ4v) is 3.36. The number of fused-ring (bicyclic) bond motifs is 1. The minimum atomic E-state index is 0.848. The maximum Gasteiger partial charge on any atom is 0.0363 e. The van der Waals surface area contributed by atoms with Crippen LogP contribution in [0.4, 0.5) is 5.69 Å². The predicted molar refractivity (Wildman–Crippen MR) is 75.2 cm³/mol. The largest absolute Gasteiger partial charge is 0.398 e. The standard InChI is InChI=1S/C15H23N3/c1-2-17-7-6-12(8-17)9-18-10-13-4-3-5-15(16)14(13)11-18/h3-5,12H,2,6-11,16H2,1H3. The van der Waals surface area contributed by atoms with Gasteiger partial charge in [0.1, 0.15) is 0 Å². The highest BCUT2D eigenvalue weighted by Crippen LogP contribution is 2.29. The van der Waals surface area contributed by atoms with Crippen molar-refractivity contribution in [2.45, 2.75) is 26.4 Å². The lowest BCUT2D eigenvalue weighted by Crippen LogP contribution is -2.27. The molecule has 2 heterocycles. The number of anilines is 1. The zero-order valence-corrected chi connectivity index (χ0v) is 11.2.